The van der Waals surface area contributed by atoms with Gasteiger partial charge in [-0.05, 0) is 43.3 Å². The molecule has 0 spiro atoms. The molecular weight excluding hydrogens is 380 g/mol. The fourth-order valence-electron chi connectivity index (χ4n) is 1.92. The van der Waals surface area contributed by atoms with Gasteiger partial charge in [0.25, 0.3) is 11.7 Å². The van der Waals surface area contributed by atoms with Crippen LogP contribution in [0.1, 0.15) is 6.92 Å². The fourth-order valence-corrected chi connectivity index (χ4v) is 3.31. The van der Waals surface area contributed by atoms with Gasteiger partial charge in [-0.25, -0.2) is 0 Å². The van der Waals surface area contributed by atoms with Crippen LogP contribution in [0.3, 0.4) is 0 Å². The van der Waals surface area contributed by atoms with Crippen LogP contribution < -0.4 is 5.32 Å². The molecule has 0 fully saturated rings. The summed E-state index contributed by atoms with van der Waals surface area (Å²) in [4.78, 5) is 25.1. The molecule has 0 bridgehead atoms. The Morgan fingerprint density at radius 3 is 2.23 bits per heavy atom. The third-order valence-corrected chi connectivity index (χ3v) is 4.91. The molecule has 1 amide bonds. The lowest BCUT2D eigenvalue weighted by molar-refractivity contribution is -0.146. The molecule has 1 N–H and O–H groups in total. The van der Waals surface area contributed by atoms with Crippen LogP contribution in [-0.2, 0) is 14.3 Å². The summed E-state index contributed by atoms with van der Waals surface area (Å²) in [6.07, 6.45) is 0. The third kappa shape index (κ3) is 7.05. The number of halogens is 2. The van der Waals surface area contributed by atoms with Crippen molar-refractivity contribution in [3.05, 3.63) is 54.6 Å². The van der Waals surface area contributed by atoms with Crippen LogP contribution in [-0.4, -0.2) is 29.5 Å². The van der Waals surface area contributed by atoms with E-state index in [1.165, 1.54) is 36.0 Å². The molecule has 26 heavy (non-hydrogen) atoms. The smallest absolute Gasteiger partial charge is 0.319 e. The van der Waals surface area contributed by atoms with E-state index in [0.717, 1.165) is 4.90 Å². The van der Waals surface area contributed by atoms with Crippen molar-refractivity contribution in [1.82, 2.24) is 0 Å². The van der Waals surface area contributed by atoms with Crippen LogP contribution in [0.5, 0.6) is 0 Å². The van der Waals surface area contributed by atoms with E-state index in [0.29, 0.717) is 22.3 Å². The van der Waals surface area contributed by atoms with Gasteiger partial charge in [-0.3, -0.25) is 9.59 Å². The number of anilines is 1. The van der Waals surface area contributed by atoms with Crippen molar-refractivity contribution < 1.29 is 23.1 Å². The summed E-state index contributed by atoms with van der Waals surface area (Å²) in [5, 5.41) is 2.10. The number of carbonyl (C=O) groups excluding carboxylic acids is 2. The average Bonchev–Trinajstić information content (AvgIpc) is 2.61. The molecule has 4 nitrogen and oxygen atoms in total. The summed E-state index contributed by atoms with van der Waals surface area (Å²) < 4.78 is 29.5. The number of rotatable bonds is 8. The molecule has 2 aromatic rings. The van der Waals surface area contributed by atoms with Gasteiger partial charge >= 0.3 is 5.97 Å². The van der Waals surface area contributed by atoms with Crippen LogP contribution in [0.4, 0.5) is 14.5 Å². The topological polar surface area (TPSA) is 55.4 Å². The zero-order valence-corrected chi connectivity index (χ0v) is 15.5. The Kier molecular flexibility index (Phi) is 7.93. The second-order valence-corrected chi connectivity index (χ2v) is 7.61. The van der Waals surface area contributed by atoms with Crippen molar-refractivity contribution in [2.24, 2.45) is 0 Å². The van der Waals surface area contributed by atoms with Gasteiger partial charge in [0.2, 0.25) is 0 Å². The van der Waals surface area contributed by atoms with Crippen molar-refractivity contribution in [2.45, 2.75) is 27.7 Å². The molecule has 0 aliphatic rings. The lowest BCUT2D eigenvalue weighted by atomic mass is 10.3. The number of amides is 1. The van der Waals surface area contributed by atoms with E-state index in [9.17, 15) is 18.4 Å². The lowest BCUT2D eigenvalue weighted by Crippen LogP contribution is -2.24. The monoisotopic (exact) mass is 397 g/mol. The number of ether oxygens (including phenoxy) is 1. The first-order chi connectivity index (χ1) is 12.4. The molecule has 8 heteroatoms. The molecule has 0 aromatic heterocycles. The first-order valence-corrected chi connectivity index (χ1v) is 9.43. The number of benzene rings is 2. The first kappa shape index (κ1) is 20.3. The third-order valence-electron chi connectivity index (χ3n) is 3.10. The minimum absolute atomic E-state index is 0.399. The molecule has 0 aliphatic carbocycles. The summed E-state index contributed by atoms with van der Waals surface area (Å²) in [6, 6.07) is 15.4. The van der Waals surface area contributed by atoms with Crippen LogP contribution in [0.15, 0.2) is 64.4 Å². The summed E-state index contributed by atoms with van der Waals surface area (Å²) >= 11 is 1.77. The Morgan fingerprint density at radius 2 is 1.62 bits per heavy atom. The van der Waals surface area contributed by atoms with Gasteiger partial charge in [-0.15, -0.1) is 11.8 Å². The van der Waals surface area contributed by atoms with E-state index >= 15 is 0 Å². The van der Waals surface area contributed by atoms with Crippen molar-refractivity contribution in [3.63, 3.8) is 0 Å². The molecule has 0 aliphatic heterocycles. The minimum Gasteiger partial charge on any atom is -0.455 e. The standard InChI is InChI=1S/C18H17F2NO3S2/c1-12(25-14-5-3-2-4-6-14)17(23)24-11-16(22)21-13-7-9-15(10-8-13)26-18(19)20/h2-10,12,18H,11H2,1H3,(H,21,22)/t12-/m1/s1. The van der Waals surface area contributed by atoms with E-state index < -0.39 is 29.5 Å². The number of hydrogen-bond donors (Lipinski definition) is 1. The van der Waals surface area contributed by atoms with E-state index in [1.54, 1.807) is 6.92 Å². The van der Waals surface area contributed by atoms with Crippen molar-refractivity contribution in [1.29, 1.82) is 0 Å². The number of esters is 1. The summed E-state index contributed by atoms with van der Waals surface area (Å²) in [6.45, 7) is 1.30. The highest BCUT2D eigenvalue weighted by Crippen LogP contribution is 2.26. The Balaban J connectivity index is 1.76. The highest BCUT2D eigenvalue weighted by atomic mass is 32.2. The predicted molar refractivity (Wildman–Crippen MR) is 99.7 cm³/mol. The number of alkyl halides is 2. The van der Waals surface area contributed by atoms with Crippen molar-refractivity contribution in [2.75, 3.05) is 11.9 Å². The zero-order chi connectivity index (χ0) is 18.9. The maximum atomic E-state index is 12.3. The normalized spacial score (nSPS) is 11.8. The SMILES string of the molecule is C[C@@H](Sc1ccccc1)C(=O)OCC(=O)Nc1ccc(SC(F)F)cc1. The lowest BCUT2D eigenvalue weighted by Gasteiger charge is -2.11. The van der Waals surface area contributed by atoms with Crippen LogP contribution >= 0.6 is 23.5 Å². The molecular formula is C18H17F2NO3S2. The van der Waals surface area contributed by atoms with E-state index in [2.05, 4.69) is 5.32 Å². The van der Waals surface area contributed by atoms with Gasteiger partial charge in [0.15, 0.2) is 6.61 Å². The predicted octanol–water partition coefficient (Wildman–Crippen LogP) is 4.66. The highest BCUT2D eigenvalue weighted by molar-refractivity contribution is 8.00. The van der Waals surface area contributed by atoms with Gasteiger partial charge in [-0.1, -0.05) is 30.0 Å². The summed E-state index contributed by atoms with van der Waals surface area (Å²) in [5.74, 6) is -3.48. The molecule has 138 valence electrons. The molecule has 0 saturated carbocycles. The Hall–Kier alpha value is -2.06. The Labute approximate surface area is 158 Å². The van der Waals surface area contributed by atoms with Crippen molar-refractivity contribution >= 4 is 41.1 Å². The van der Waals surface area contributed by atoms with E-state index in [1.807, 2.05) is 30.3 Å². The number of carbonyl (C=O) groups is 2. The van der Waals surface area contributed by atoms with Gasteiger partial charge in [0.05, 0.1) is 0 Å². The summed E-state index contributed by atoms with van der Waals surface area (Å²) in [7, 11) is 0. The van der Waals surface area contributed by atoms with Crippen LogP contribution in [0, 0.1) is 0 Å². The second-order valence-electron chi connectivity index (χ2n) is 5.13. The maximum absolute atomic E-state index is 12.3. The molecule has 1 atom stereocenters. The molecule has 0 unspecified atom stereocenters. The molecule has 0 saturated heterocycles. The molecule has 2 aromatic carbocycles. The number of hydrogen-bond acceptors (Lipinski definition) is 5. The zero-order valence-electron chi connectivity index (χ0n) is 13.9. The van der Waals surface area contributed by atoms with Gasteiger partial charge in [0.1, 0.15) is 5.25 Å². The van der Waals surface area contributed by atoms with E-state index in [-0.39, 0.29) is 0 Å². The molecule has 0 radical (unpaired) electrons. The van der Waals surface area contributed by atoms with Gasteiger partial charge in [0, 0.05) is 15.5 Å². The molecule has 2 rings (SSSR count). The van der Waals surface area contributed by atoms with Gasteiger partial charge < -0.3 is 10.1 Å². The second kappa shape index (κ2) is 10.2. The van der Waals surface area contributed by atoms with Crippen molar-refractivity contribution in [3.8, 4) is 0 Å². The Morgan fingerprint density at radius 1 is 1.00 bits per heavy atom. The van der Waals surface area contributed by atoms with Crippen LogP contribution in [0.2, 0.25) is 0 Å². The number of nitrogens with one attached hydrogen (secondary N) is 1. The van der Waals surface area contributed by atoms with E-state index in [4.69, 9.17) is 4.74 Å². The highest BCUT2D eigenvalue weighted by Gasteiger charge is 2.17. The largest absolute Gasteiger partial charge is 0.455 e. The molecule has 0 heterocycles. The average molecular weight is 397 g/mol. The first-order valence-electron chi connectivity index (χ1n) is 7.67. The minimum atomic E-state index is -2.49. The van der Waals surface area contributed by atoms with Crippen LogP contribution in [0.25, 0.3) is 0 Å². The quantitative estimate of drug-likeness (QED) is 0.518. The maximum Gasteiger partial charge on any atom is 0.319 e. The fraction of sp³-hybridized carbons (Fsp3) is 0.222. The van der Waals surface area contributed by atoms with Gasteiger partial charge in [-0.2, -0.15) is 8.78 Å². The Bertz CT molecular complexity index is 727. The summed E-state index contributed by atoms with van der Waals surface area (Å²) in [5.41, 5.74) is 0.441. The number of thioether (sulfide) groups is 2.